The lowest BCUT2D eigenvalue weighted by Gasteiger charge is -2.29. The molecule has 0 bridgehead atoms. The van der Waals surface area contributed by atoms with Crippen molar-refractivity contribution in [3.8, 4) is 0 Å². The fourth-order valence-electron chi connectivity index (χ4n) is 2.98. The topological polar surface area (TPSA) is 45.5 Å². The van der Waals surface area contributed by atoms with E-state index in [1.165, 1.54) is 25.7 Å². The van der Waals surface area contributed by atoms with Gasteiger partial charge in [0.25, 0.3) is 0 Å². The fraction of sp³-hybridized carbons (Fsp3) is 0.688. The van der Waals surface area contributed by atoms with Crippen molar-refractivity contribution < 1.29 is 9.21 Å². The van der Waals surface area contributed by atoms with Crippen molar-refractivity contribution in [3.63, 3.8) is 0 Å². The molecule has 0 aromatic carbocycles. The Kier molecular flexibility index (Phi) is 4.41. The minimum atomic E-state index is 0.186. The summed E-state index contributed by atoms with van der Waals surface area (Å²) in [4.78, 5) is 14.3. The standard InChI is InChI=1S/C16H24N2O2/c19-16(13-7-8-13)17-12-14(15-6-5-11-20-15)18-9-3-1-2-4-10-18/h5-6,11,13-14H,1-4,7-10,12H2,(H,17,19). The highest BCUT2D eigenvalue weighted by molar-refractivity contribution is 5.80. The Hall–Kier alpha value is -1.29. The fourth-order valence-corrected chi connectivity index (χ4v) is 2.98. The minimum Gasteiger partial charge on any atom is -0.468 e. The molecule has 110 valence electrons. The van der Waals surface area contributed by atoms with Crippen molar-refractivity contribution in [2.75, 3.05) is 19.6 Å². The van der Waals surface area contributed by atoms with E-state index in [0.29, 0.717) is 6.54 Å². The van der Waals surface area contributed by atoms with Gasteiger partial charge >= 0.3 is 0 Å². The van der Waals surface area contributed by atoms with Crippen molar-refractivity contribution in [1.29, 1.82) is 0 Å². The summed E-state index contributed by atoms with van der Waals surface area (Å²) >= 11 is 0. The average Bonchev–Trinajstić information content (AvgIpc) is 3.23. The molecule has 1 aliphatic carbocycles. The third-order valence-electron chi connectivity index (χ3n) is 4.37. The second-order valence-electron chi connectivity index (χ2n) is 6.00. The molecule has 1 amide bonds. The van der Waals surface area contributed by atoms with Gasteiger partial charge in [-0.25, -0.2) is 0 Å². The summed E-state index contributed by atoms with van der Waals surface area (Å²) < 4.78 is 5.61. The molecule has 1 saturated carbocycles. The summed E-state index contributed by atoms with van der Waals surface area (Å²) in [5.41, 5.74) is 0. The number of hydrogen-bond acceptors (Lipinski definition) is 3. The Bertz CT molecular complexity index is 418. The molecule has 1 unspecified atom stereocenters. The highest BCUT2D eigenvalue weighted by atomic mass is 16.3. The quantitative estimate of drug-likeness (QED) is 0.899. The van der Waals surface area contributed by atoms with Crippen LogP contribution in [0.15, 0.2) is 22.8 Å². The normalized spacial score (nSPS) is 22.2. The number of hydrogen-bond donors (Lipinski definition) is 1. The average molecular weight is 276 g/mol. The summed E-state index contributed by atoms with van der Waals surface area (Å²) in [6, 6.07) is 4.15. The summed E-state index contributed by atoms with van der Waals surface area (Å²) in [7, 11) is 0. The molecule has 20 heavy (non-hydrogen) atoms. The first-order valence-electron chi connectivity index (χ1n) is 7.90. The Labute approximate surface area is 120 Å². The van der Waals surface area contributed by atoms with Crippen LogP contribution in [0.1, 0.15) is 50.3 Å². The first-order chi connectivity index (χ1) is 9.84. The van der Waals surface area contributed by atoms with E-state index >= 15 is 0 Å². The van der Waals surface area contributed by atoms with Gasteiger partial charge in [0.15, 0.2) is 0 Å². The SMILES string of the molecule is O=C(NCC(c1ccco1)N1CCCCCC1)C1CC1. The number of amides is 1. The molecule has 2 aliphatic rings. The van der Waals surface area contributed by atoms with Crippen LogP contribution in [0, 0.1) is 5.92 Å². The first-order valence-corrected chi connectivity index (χ1v) is 7.90. The van der Waals surface area contributed by atoms with Crippen LogP contribution >= 0.6 is 0 Å². The molecule has 2 heterocycles. The van der Waals surface area contributed by atoms with E-state index < -0.39 is 0 Å². The molecular weight excluding hydrogens is 252 g/mol. The van der Waals surface area contributed by atoms with E-state index in [1.807, 2.05) is 12.1 Å². The first kappa shape index (κ1) is 13.7. The zero-order chi connectivity index (χ0) is 13.8. The molecule has 1 aliphatic heterocycles. The summed E-state index contributed by atoms with van der Waals surface area (Å²) in [6.07, 6.45) is 8.96. The molecule has 1 saturated heterocycles. The highest BCUT2D eigenvalue weighted by Crippen LogP contribution is 2.29. The van der Waals surface area contributed by atoms with Crippen LogP contribution in [-0.4, -0.2) is 30.4 Å². The number of carbonyl (C=O) groups excluding carboxylic acids is 1. The van der Waals surface area contributed by atoms with Crippen LogP contribution < -0.4 is 5.32 Å². The lowest BCUT2D eigenvalue weighted by atomic mass is 10.1. The van der Waals surface area contributed by atoms with Crippen LogP contribution in [-0.2, 0) is 4.79 Å². The Morgan fingerprint density at radius 3 is 2.65 bits per heavy atom. The Morgan fingerprint density at radius 1 is 1.30 bits per heavy atom. The highest BCUT2D eigenvalue weighted by Gasteiger charge is 2.31. The van der Waals surface area contributed by atoms with Gasteiger partial charge in [-0.05, 0) is 50.9 Å². The Balaban J connectivity index is 1.64. The third-order valence-corrected chi connectivity index (χ3v) is 4.37. The monoisotopic (exact) mass is 276 g/mol. The predicted molar refractivity (Wildman–Crippen MR) is 77.2 cm³/mol. The van der Waals surface area contributed by atoms with E-state index in [9.17, 15) is 4.79 Å². The van der Waals surface area contributed by atoms with E-state index in [-0.39, 0.29) is 17.9 Å². The van der Waals surface area contributed by atoms with Crippen molar-refractivity contribution in [2.24, 2.45) is 5.92 Å². The molecule has 1 N–H and O–H groups in total. The maximum atomic E-state index is 11.9. The zero-order valence-corrected chi connectivity index (χ0v) is 12.0. The maximum Gasteiger partial charge on any atom is 0.223 e. The lowest BCUT2D eigenvalue weighted by Crippen LogP contribution is -2.39. The molecule has 0 radical (unpaired) electrons. The maximum absolute atomic E-state index is 11.9. The van der Waals surface area contributed by atoms with Crippen LogP contribution in [0.2, 0.25) is 0 Å². The van der Waals surface area contributed by atoms with Gasteiger partial charge in [0.2, 0.25) is 5.91 Å². The van der Waals surface area contributed by atoms with Crippen LogP contribution in [0.3, 0.4) is 0 Å². The molecular formula is C16H24N2O2. The number of nitrogens with one attached hydrogen (secondary N) is 1. The molecule has 4 heteroatoms. The number of nitrogens with zero attached hydrogens (tertiary/aromatic N) is 1. The second kappa shape index (κ2) is 6.44. The molecule has 0 spiro atoms. The molecule has 1 aromatic rings. The van der Waals surface area contributed by atoms with Gasteiger partial charge < -0.3 is 9.73 Å². The van der Waals surface area contributed by atoms with Gasteiger partial charge in [0.05, 0.1) is 12.3 Å². The van der Waals surface area contributed by atoms with Gasteiger partial charge in [-0.15, -0.1) is 0 Å². The van der Waals surface area contributed by atoms with Crippen LogP contribution in [0.4, 0.5) is 0 Å². The van der Waals surface area contributed by atoms with Gasteiger partial charge in [-0.2, -0.15) is 0 Å². The summed E-state index contributed by atoms with van der Waals surface area (Å²) in [6.45, 7) is 2.87. The number of carbonyl (C=O) groups is 1. The predicted octanol–water partition coefficient (Wildman–Crippen LogP) is 2.72. The van der Waals surface area contributed by atoms with Gasteiger partial charge in [0, 0.05) is 12.5 Å². The summed E-state index contributed by atoms with van der Waals surface area (Å²) in [5, 5.41) is 3.11. The van der Waals surface area contributed by atoms with Gasteiger partial charge in [-0.3, -0.25) is 9.69 Å². The molecule has 2 fully saturated rings. The number of likely N-dealkylation sites (tertiary alicyclic amines) is 1. The molecule has 4 nitrogen and oxygen atoms in total. The van der Waals surface area contributed by atoms with Gasteiger partial charge in [0.1, 0.15) is 5.76 Å². The zero-order valence-electron chi connectivity index (χ0n) is 12.0. The molecule has 1 aromatic heterocycles. The van der Waals surface area contributed by atoms with E-state index in [4.69, 9.17) is 4.42 Å². The van der Waals surface area contributed by atoms with Crippen molar-refractivity contribution in [3.05, 3.63) is 24.2 Å². The number of furan rings is 1. The summed E-state index contributed by atoms with van der Waals surface area (Å²) in [5.74, 6) is 1.47. The minimum absolute atomic E-state index is 0.186. The second-order valence-corrected chi connectivity index (χ2v) is 6.00. The van der Waals surface area contributed by atoms with Gasteiger partial charge in [-0.1, -0.05) is 12.8 Å². The van der Waals surface area contributed by atoms with Crippen molar-refractivity contribution in [1.82, 2.24) is 10.2 Å². The molecule has 3 rings (SSSR count). The van der Waals surface area contributed by atoms with E-state index in [1.54, 1.807) is 6.26 Å². The van der Waals surface area contributed by atoms with Crippen LogP contribution in [0.25, 0.3) is 0 Å². The van der Waals surface area contributed by atoms with E-state index in [2.05, 4.69) is 10.2 Å². The van der Waals surface area contributed by atoms with E-state index in [0.717, 1.165) is 31.7 Å². The lowest BCUT2D eigenvalue weighted by molar-refractivity contribution is -0.122. The van der Waals surface area contributed by atoms with Crippen molar-refractivity contribution in [2.45, 2.75) is 44.6 Å². The largest absolute Gasteiger partial charge is 0.468 e. The number of rotatable bonds is 5. The Morgan fingerprint density at radius 2 is 2.05 bits per heavy atom. The van der Waals surface area contributed by atoms with Crippen molar-refractivity contribution >= 4 is 5.91 Å². The van der Waals surface area contributed by atoms with Crippen LogP contribution in [0.5, 0.6) is 0 Å². The third kappa shape index (κ3) is 3.42. The molecule has 1 atom stereocenters. The smallest absolute Gasteiger partial charge is 0.223 e.